The number of nitrogens with one attached hydrogen (secondary N) is 1. The first kappa shape index (κ1) is 17.7. The van der Waals surface area contributed by atoms with Gasteiger partial charge < -0.3 is 4.84 Å². The molecule has 1 fully saturated rings. The second kappa shape index (κ2) is 7.78. The fourth-order valence-corrected chi connectivity index (χ4v) is 2.53. The van der Waals surface area contributed by atoms with E-state index in [-0.39, 0.29) is 38.3 Å². The maximum Gasteiger partial charge on any atom is 0.248 e. The number of halogens is 2. The monoisotopic (exact) mass is 347 g/mol. The topological polar surface area (TPSA) is 80.6 Å². The first-order valence-corrected chi connectivity index (χ1v) is 8.45. The van der Waals surface area contributed by atoms with Crippen molar-refractivity contribution in [3.63, 3.8) is 0 Å². The van der Waals surface area contributed by atoms with Crippen LogP contribution in [0, 0.1) is 0 Å². The van der Waals surface area contributed by atoms with Gasteiger partial charge in [-0.2, -0.15) is 0 Å². The summed E-state index contributed by atoms with van der Waals surface area (Å²) in [6.45, 7) is 1.89. The molecule has 1 aromatic rings. The average molecular weight is 347 g/mol. The fraction of sp³-hybridized carbons (Fsp3) is 0.571. The second-order valence-corrected chi connectivity index (χ2v) is 6.31. The summed E-state index contributed by atoms with van der Waals surface area (Å²) in [5, 5.41) is 3.97. The Labute approximate surface area is 135 Å². The number of thiol groups is 1. The molecule has 0 radical (unpaired) electrons. The van der Waals surface area contributed by atoms with E-state index < -0.39 is 16.8 Å². The lowest BCUT2D eigenvalue weighted by molar-refractivity contribution is -0.0797. The fourth-order valence-electron chi connectivity index (χ4n) is 2.22. The van der Waals surface area contributed by atoms with Crippen LogP contribution in [-0.4, -0.2) is 31.1 Å². The molecule has 128 valence electrons. The zero-order valence-corrected chi connectivity index (χ0v) is 13.6. The third kappa shape index (κ3) is 5.83. The van der Waals surface area contributed by atoms with Gasteiger partial charge in [0.15, 0.2) is 0 Å². The van der Waals surface area contributed by atoms with Gasteiger partial charge in [0.2, 0.25) is 16.8 Å². The smallest absolute Gasteiger partial charge is 0.248 e. The Morgan fingerprint density at radius 2 is 2.13 bits per heavy atom. The molecule has 0 amide bonds. The van der Waals surface area contributed by atoms with Gasteiger partial charge in [-0.25, -0.2) is 21.9 Å². The molecular formula is C14H19F2N3O3S. The van der Waals surface area contributed by atoms with Crippen LogP contribution in [0.4, 0.5) is 8.78 Å². The second-order valence-electron chi connectivity index (χ2n) is 5.48. The maximum absolute atomic E-state index is 13.0. The van der Waals surface area contributed by atoms with Crippen molar-refractivity contribution in [2.75, 3.05) is 0 Å². The number of hydrogen-bond acceptors (Lipinski definition) is 5. The highest BCUT2D eigenvalue weighted by Gasteiger charge is 2.35. The third-order valence-electron chi connectivity index (χ3n) is 3.61. The van der Waals surface area contributed by atoms with E-state index in [1.54, 1.807) is 25.3 Å². The maximum atomic E-state index is 13.0. The SMILES string of the molecule is C/C(=N\OC1CCC(F)(F)CC1)c1ccc(CN[SH](=O)=O)cn1. The molecule has 1 aliphatic rings. The number of nitrogens with zero attached hydrogens (tertiary/aromatic N) is 2. The molecule has 6 nitrogen and oxygen atoms in total. The molecule has 0 saturated heterocycles. The molecule has 1 heterocycles. The molecule has 9 heteroatoms. The van der Waals surface area contributed by atoms with Gasteiger partial charge in [-0.05, 0) is 31.4 Å². The molecule has 1 aliphatic carbocycles. The average Bonchev–Trinajstić information content (AvgIpc) is 2.52. The van der Waals surface area contributed by atoms with E-state index in [4.69, 9.17) is 4.84 Å². The van der Waals surface area contributed by atoms with Crippen molar-refractivity contribution in [1.29, 1.82) is 0 Å². The summed E-state index contributed by atoms with van der Waals surface area (Å²) in [4.78, 5) is 9.50. The molecule has 0 aliphatic heterocycles. The first-order chi connectivity index (χ1) is 10.9. The summed E-state index contributed by atoms with van der Waals surface area (Å²) in [6, 6.07) is 3.43. The Morgan fingerprint density at radius 1 is 1.43 bits per heavy atom. The van der Waals surface area contributed by atoms with E-state index in [9.17, 15) is 17.2 Å². The Bertz CT molecular complexity index is 615. The molecule has 0 spiro atoms. The van der Waals surface area contributed by atoms with Crippen LogP contribution in [0.25, 0.3) is 0 Å². The number of rotatable bonds is 6. The van der Waals surface area contributed by atoms with Gasteiger partial charge >= 0.3 is 0 Å². The van der Waals surface area contributed by atoms with Crippen LogP contribution in [0.1, 0.15) is 43.9 Å². The highest BCUT2D eigenvalue weighted by atomic mass is 32.2. The van der Waals surface area contributed by atoms with E-state index in [2.05, 4.69) is 14.9 Å². The first-order valence-electron chi connectivity index (χ1n) is 7.27. The highest BCUT2D eigenvalue weighted by molar-refractivity contribution is 7.70. The van der Waals surface area contributed by atoms with E-state index in [0.29, 0.717) is 11.4 Å². The van der Waals surface area contributed by atoms with E-state index in [0.717, 1.165) is 5.56 Å². The van der Waals surface area contributed by atoms with Crippen LogP contribution in [-0.2, 0) is 22.3 Å². The molecule has 0 atom stereocenters. The number of oxime groups is 1. The molecule has 23 heavy (non-hydrogen) atoms. The minimum Gasteiger partial charge on any atom is -0.392 e. The number of hydrogen-bond donors (Lipinski definition) is 2. The van der Waals surface area contributed by atoms with Gasteiger partial charge in [-0.1, -0.05) is 11.2 Å². The number of pyridine rings is 1. The Balaban J connectivity index is 1.88. The van der Waals surface area contributed by atoms with Crippen molar-refractivity contribution in [3.05, 3.63) is 29.6 Å². The molecule has 1 N–H and O–H groups in total. The Hall–Kier alpha value is -1.61. The van der Waals surface area contributed by atoms with Crippen molar-refractivity contribution in [1.82, 2.24) is 9.71 Å². The molecule has 0 bridgehead atoms. The Morgan fingerprint density at radius 3 is 2.70 bits per heavy atom. The predicted molar refractivity (Wildman–Crippen MR) is 81.9 cm³/mol. The van der Waals surface area contributed by atoms with E-state index >= 15 is 0 Å². The zero-order chi connectivity index (χ0) is 16.9. The van der Waals surface area contributed by atoms with Crippen LogP contribution in [0.5, 0.6) is 0 Å². The van der Waals surface area contributed by atoms with Crippen molar-refractivity contribution in [2.24, 2.45) is 5.16 Å². The van der Waals surface area contributed by atoms with Crippen molar-refractivity contribution >= 4 is 16.6 Å². The minimum absolute atomic E-state index is 0.172. The van der Waals surface area contributed by atoms with Crippen molar-refractivity contribution < 1.29 is 22.0 Å². The Kier molecular flexibility index (Phi) is 6.00. The van der Waals surface area contributed by atoms with E-state index in [1.165, 1.54) is 0 Å². The molecule has 1 saturated carbocycles. The molecule has 2 rings (SSSR count). The normalized spacial score (nSPS) is 19.0. The van der Waals surface area contributed by atoms with Gasteiger partial charge in [0.25, 0.3) is 0 Å². The molecule has 0 aromatic carbocycles. The molecular weight excluding hydrogens is 328 g/mol. The number of alkyl halides is 2. The molecule has 1 aromatic heterocycles. The van der Waals surface area contributed by atoms with Gasteiger partial charge in [-0.3, -0.25) is 4.98 Å². The zero-order valence-electron chi connectivity index (χ0n) is 12.7. The van der Waals surface area contributed by atoms with Crippen LogP contribution >= 0.6 is 0 Å². The van der Waals surface area contributed by atoms with Gasteiger partial charge in [0, 0.05) is 25.6 Å². The van der Waals surface area contributed by atoms with Gasteiger partial charge in [0.05, 0.1) is 5.69 Å². The molecule has 0 unspecified atom stereocenters. The summed E-state index contributed by atoms with van der Waals surface area (Å²) < 4.78 is 49.3. The van der Waals surface area contributed by atoms with Crippen LogP contribution < -0.4 is 4.72 Å². The summed E-state index contributed by atoms with van der Waals surface area (Å²) in [5.74, 6) is -2.58. The largest absolute Gasteiger partial charge is 0.392 e. The minimum atomic E-state index is -2.64. The lowest BCUT2D eigenvalue weighted by Gasteiger charge is -2.26. The third-order valence-corrected chi connectivity index (χ3v) is 4.03. The summed E-state index contributed by atoms with van der Waals surface area (Å²) in [5.41, 5.74) is 1.84. The van der Waals surface area contributed by atoms with Crippen LogP contribution in [0.2, 0.25) is 0 Å². The highest BCUT2D eigenvalue weighted by Crippen LogP contribution is 2.34. The van der Waals surface area contributed by atoms with E-state index in [1.807, 2.05) is 0 Å². The van der Waals surface area contributed by atoms with Gasteiger partial charge in [-0.15, -0.1) is 0 Å². The number of aromatic nitrogens is 1. The standard InChI is InChI=1S/C14H19F2N3O3S/c1-10(19-22-12-4-6-14(15,16)7-5-12)13-3-2-11(8-17-13)9-18-23(20)21/h2-3,8,12,23H,4-7,9H2,1H3,(H,18,20,21)/b19-10+. The summed E-state index contributed by atoms with van der Waals surface area (Å²) in [6.07, 6.45) is 1.48. The summed E-state index contributed by atoms with van der Waals surface area (Å²) >= 11 is 0. The quantitative estimate of drug-likeness (QED) is 0.469. The van der Waals surface area contributed by atoms with Crippen molar-refractivity contribution in [2.45, 2.75) is 51.2 Å². The van der Waals surface area contributed by atoms with Crippen LogP contribution in [0.3, 0.4) is 0 Å². The summed E-state index contributed by atoms with van der Waals surface area (Å²) in [7, 11) is -2.64. The van der Waals surface area contributed by atoms with Crippen molar-refractivity contribution in [3.8, 4) is 0 Å². The lowest BCUT2D eigenvalue weighted by Crippen LogP contribution is -2.28. The van der Waals surface area contributed by atoms with Crippen LogP contribution in [0.15, 0.2) is 23.5 Å². The van der Waals surface area contributed by atoms with Gasteiger partial charge in [0.1, 0.15) is 11.8 Å². The lowest BCUT2D eigenvalue weighted by atomic mass is 9.94. The predicted octanol–water partition coefficient (Wildman–Crippen LogP) is 2.02.